The molecule has 0 saturated carbocycles. The second-order valence-electron chi connectivity index (χ2n) is 2.70. The average molecular weight is 171 g/mol. The Morgan fingerprint density at radius 1 is 1.92 bits per heavy atom. The summed E-state index contributed by atoms with van der Waals surface area (Å²) in [4.78, 5) is 12.6. The quantitative estimate of drug-likeness (QED) is 0.460. The van der Waals surface area contributed by atoms with Gasteiger partial charge in [-0.3, -0.25) is 0 Å². The highest BCUT2D eigenvalue weighted by molar-refractivity contribution is 5.67. The van der Waals surface area contributed by atoms with Gasteiger partial charge in [-0.1, -0.05) is 12.7 Å². The van der Waals surface area contributed by atoms with Gasteiger partial charge in [0.2, 0.25) is 0 Å². The summed E-state index contributed by atoms with van der Waals surface area (Å²) in [6.45, 7) is 5.06. The molecule has 0 aliphatic carbocycles. The van der Waals surface area contributed by atoms with Gasteiger partial charge >= 0.3 is 6.09 Å². The molecule has 1 atom stereocenters. The van der Waals surface area contributed by atoms with E-state index in [1.54, 1.807) is 13.1 Å². The van der Waals surface area contributed by atoms with Crippen LogP contribution in [0.2, 0.25) is 0 Å². The van der Waals surface area contributed by atoms with Crippen LogP contribution in [-0.2, 0) is 9.47 Å². The highest BCUT2D eigenvalue weighted by atomic mass is 16.6. The van der Waals surface area contributed by atoms with Crippen molar-refractivity contribution in [3.63, 3.8) is 0 Å². The van der Waals surface area contributed by atoms with E-state index in [1.165, 1.54) is 4.90 Å². The van der Waals surface area contributed by atoms with Crippen LogP contribution in [0, 0.1) is 0 Å². The number of rotatable bonds is 4. The molecule has 4 nitrogen and oxygen atoms in total. The van der Waals surface area contributed by atoms with E-state index in [4.69, 9.17) is 9.47 Å². The van der Waals surface area contributed by atoms with Gasteiger partial charge < -0.3 is 14.4 Å². The molecule has 0 aromatic heterocycles. The van der Waals surface area contributed by atoms with E-state index in [1.807, 2.05) is 0 Å². The Hall–Kier alpha value is -1.03. The summed E-state index contributed by atoms with van der Waals surface area (Å²) in [5.41, 5.74) is 0. The van der Waals surface area contributed by atoms with Gasteiger partial charge in [0.1, 0.15) is 6.61 Å². The molecule has 1 saturated heterocycles. The van der Waals surface area contributed by atoms with E-state index in [2.05, 4.69) is 6.58 Å². The number of carbonyl (C=O) groups excluding carboxylic acids is 1. The van der Waals surface area contributed by atoms with Crippen LogP contribution < -0.4 is 0 Å². The standard InChI is InChI=1S/C8H13NO3/c1-3-4-11-8(10)9(2)5-7-6-12-7/h3,7H,1,4-6H2,2H3. The normalized spacial score (nSPS) is 19.9. The number of carbonyl (C=O) groups is 1. The lowest BCUT2D eigenvalue weighted by atomic mass is 10.4. The first-order valence-corrected chi connectivity index (χ1v) is 3.84. The number of hydrogen-bond acceptors (Lipinski definition) is 3. The molecule has 0 N–H and O–H groups in total. The molecular weight excluding hydrogens is 158 g/mol. The van der Waals surface area contributed by atoms with Crippen molar-refractivity contribution in [3.05, 3.63) is 12.7 Å². The fourth-order valence-electron chi connectivity index (χ4n) is 0.794. The summed E-state index contributed by atoms with van der Waals surface area (Å²) in [5.74, 6) is 0. The molecule has 12 heavy (non-hydrogen) atoms. The van der Waals surface area contributed by atoms with Crippen molar-refractivity contribution in [2.75, 3.05) is 26.8 Å². The molecule has 4 heteroatoms. The molecule has 1 fully saturated rings. The molecule has 0 spiro atoms. The Morgan fingerprint density at radius 2 is 2.58 bits per heavy atom. The van der Waals surface area contributed by atoms with Gasteiger partial charge in [-0.15, -0.1) is 0 Å². The number of epoxide rings is 1. The number of ether oxygens (including phenoxy) is 2. The van der Waals surface area contributed by atoms with Crippen molar-refractivity contribution < 1.29 is 14.3 Å². The first kappa shape index (κ1) is 9.06. The number of nitrogens with zero attached hydrogens (tertiary/aromatic N) is 1. The fraction of sp³-hybridized carbons (Fsp3) is 0.625. The lowest BCUT2D eigenvalue weighted by molar-refractivity contribution is 0.119. The Balaban J connectivity index is 2.14. The topological polar surface area (TPSA) is 42.1 Å². The van der Waals surface area contributed by atoms with Crippen molar-refractivity contribution in [3.8, 4) is 0 Å². The molecule has 68 valence electrons. The second kappa shape index (κ2) is 4.11. The minimum Gasteiger partial charge on any atom is -0.445 e. The molecule has 0 bridgehead atoms. The molecule has 1 aliphatic heterocycles. The molecule has 1 heterocycles. The summed E-state index contributed by atoms with van der Waals surface area (Å²) in [5, 5.41) is 0. The highest BCUT2D eigenvalue weighted by Crippen LogP contribution is 2.10. The van der Waals surface area contributed by atoms with Crippen molar-refractivity contribution in [1.29, 1.82) is 0 Å². The van der Waals surface area contributed by atoms with E-state index >= 15 is 0 Å². The van der Waals surface area contributed by atoms with E-state index in [0.717, 1.165) is 6.61 Å². The SMILES string of the molecule is C=CCOC(=O)N(C)CC1CO1. The monoisotopic (exact) mass is 171 g/mol. The van der Waals surface area contributed by atoms with E-state index in [-0.39, 0.29) is 18.8 Å². The summed E-state index contributed by atoms with van der Waals surface area (Å²) < 4.78 is 9.76. The first-order valence-electron chi connectivity index (χ1n) is 3.84. The molecule has 1 amide bonds. The fourth-order valence-corrected chi connectivity index (χ4v) is 0.794. The van der Waals surface area contributed by atoms with Gasteiger partial charge in [0, 0.05) is 7.05 Å². The van der Waals surface area contributed by atoms with Crippen LogP contribution in [-0.4, -0.2) is 43.9 Å². The zero-order valence-corrected chi connectivity index (χ0v) is 7.16. The van der Waals surface area contributed by atoms with Gasteiger partial charge in [-0.05, 0) is 0 Å². The smallest absolute Gasteiger partial charge is 0.409 e. The molecule has 0 aromatic rings. The summed E-state index contributed by atoms with van der Waals surface area (Å²) in [6, 6.07) is 0. The number of amides is 1. The maximum atomic E-state index is 11.1. The van der Waals surface area contributed by atoms with Crippen LogP contribution in [0.15, 0.2) is 12.7 Å². The van der Waals surface area contributed by atoms with E-state index in [9.17, 15) is 4.79 Å². The largest absolute Gasteiger partial charge is 0.445 e. The third-order valence-corrected chi connectivity index (χ3v) is 1.52. The average Bonchev–Trinajstić information content (AvgIpc) is 2.83. The summed E-state index contributed by atoms with van der Waals surface area (Å²) in [6.07, 6.45) is 1.43. The summed E-state index contributed by atoms with van der Waals surface area (Å²) in [7, 11) is 1.69. The van der Waals surface area contributed by atoms with Gasteiger partial charge in [0.05, 0.1) is 19.3 Å². The van der Waals surface area contributed by atoms with Crippen LogP contribution in [0.4, 0.5) is 4.79 Å². The van der Waals surface area contributed by atoms with E-state index in [0.29, 0.717) is 6.54 Å². The maximum absolute atomic E-state index is 11.1. The molecule has 1 rings (SSSR count). The second-order valence-corrected chi connectivity index (χ2v) is 2.70. The molecule has 1 aliphatic rings. The van der Waals surface area contributed by atoms with Crippen LogP contribution in [0.3, 0.4) is 0 Å². The third kappa shape index (κ3) is 2.92. The predicted octanol–water partition coefficient (Wildman–Crippen LogP) is 0.640. The van der Waals surface area contributed by atoms with Gasteiger partial charge in [-0.2, -0.15) is 0 Å². The zero-order chi connectivity index (χ0) is 8.97. The minimum atomic E-state index is -0.328. The third-order valence-electron chi connectivity index (χ3n) is 1.52. The van der Waals surface area contributed by atoms with E-state index < -0.39 is 0 Å². The van der Waals surface area contributed by atoms with Gasteiger partial charge in [0.25, 0.3) is 0 Å². The molecule has 0 aromatic carbocycles. The van der Waals surface area contributed by atoms with Crippen LogP contribution in [0.1, 0.15) is 0 Å². The molecule has 1 unspecified atom stereocenters. The van der Waals surface area contributed by atoms with Crippen LogP contribution in [0.5, 0.6) is 0 Å². The molecule has 0 radical (unpaired) electrons. The Labute approximate surface area is 71.7 Å². The van der Waals surface area contributed by atoms with Crippen LogP contribution >= 0.6 is 0 Å². The zero-order valence-electron chi connectivity index (χ0n) is 7.16. The Morgan fingerprint density at radius 3 is 3.08 bits per heavy atom. The van der Waals surface area contributed by atoms with Gasteiger partial charge in [0.15, 0.2) is 0 Å². The maximum Gasteiger partial charge on any atom is 0.409 e. The lowest BCUT2D eigenvalue weighted by Crippen LogP contribution is -2.30. The number of likely N-dealkylation sites (N-methyl/N-ethyl adjacent to an activating group) is 1. The van der Waals surface area contributed by atoms with Gasteiger partial charge in [-0.25, -0.2) is 4.79 Å². The lowest BCUT2D eigenvalue weighted by Gasteiger charge is -2.14. The Kier molecular flexibility index (Phi) is 3.10. The molecular formula is C8H13NO3. The first-order chi connectivity index (χ1) is 5.74. The van der Waals surface area contributed by atoms with Crippen molar-refractivity contribution in [1.82, 2.24) is 4.90 Å². The predicted molar refractivity (Wildman–Crippen MR) is 43.9 cm³/mol. The minimum absolute atomic E-state index is 0.214. The van der Waals surface area contributed by atoms with Crippen molar-refractivity contribution >= 4 is 6.09 Å². The van der Waals surface area contributed by atoms with Crippen molar-refractivity contribution in [2.24, 2.45) is 0 Å². The van der Waals surface area contributed by atoms with Crippen LogP contribution in [0.25, 0.3) is 0 Å². The summed E-state index contributed by atoms with van der Waals surface area (Å²) >= 11 is 0. The highest BCUT2D eigenvalue weighted by Gasteiger charge is 2.26. The Bertz CT molecular complexity index is 177. The van der Waals surface area contributed by atoms with Crippen molar-refractivity contribution in [2.45, 2.75) is 6.10 Å². The number of hydrogen-bond donors (Lipinski definition) is 0.